The molecule has 3 aromatic carbocycles. The average Bonchev–Trinajstić information content (AvgIpc) is 3.18. The zero-order valence-electron chi connectivity index (χ0n) is 16.4. The topological polar surface area (TPSA) is 108 Å². The van der Waals surface area contributed by atoms with Crippen LogP contribution >= 0.6 is 11.6 Å². The summed E-state index contributed by atoms with van der Waals surface area (Å²) in [6.45, 7) is -0.226. The molecule has 0 aliphatic heterocycles. The van der Waals surface area contributed by atoms with Crippen molar-refractivity contribution in [2.24, 2.45) is 0 Å². The van der Waals surface area contributed by atoms with Gasteiger partial charge < -0.3 is 20.1 Å². The van der Waals surface area contributed by atoms with Crippen LogP contribution in [0.4, 0.5) is 11.5 Å². The SMILES string of the molecule is O=C(O)C(CO)NCc1ccc2onc(Nc3cccc(-c4ccccc4)c3Cl)c2c1. The first-order valence-electron chi connectivity index (χ1n) is 9.63. The van der Waals surface area contributed by atoms with Crippen LogP contribution in [0.1, 0.15) is 5.56 Å². The number of anilines is 2. The zero-order chi connectivity index (χ0) is 21.8. The highest BCUT2D eigenvalue weighted by molar-refractivity contribution is 6.36. The number of hydrogen-bond donors (Lipinski definition) is 4. The second kappa shape index (κ2) is 9.18. The summed E-state index contributed by atoms with van der Waals surface area (Å²) in [4.78, 5) is 11.1. The third-order valence-corrected chi connectivity index (χ3v) is 5.31. The highest BCUT2D eigenvalue weighted by Crippen LogP contribution is 2.36. The van der Waals surface area contributed by atoms with Crippen molar-refractivity contribution in [2.45, 2.75) is 12.6 Å². The molecule has 0 radical (unpaired) electrons. The first-order chi connectivity index (χ1) is 15.1. The smallest absolute Gasteiger partial charge is 0.323 e. The van der Waals surface area contributed by atoms with Crippen LogP contribution in [0.5, 0.6) is 0 Å². The molecule has 1 unspecified atom stereocenters. The molecule has 8 heteroatoms. The van der Waals surface area contributed by atoms with Crippen LogP contribution in [0.2, 0.25) is 5.02 Å². The fourth-order valence-electron chi connectivity index (χ4n) is 3.25. The van der Waals surface area contributed by atoms with E-state index in [1.165, 1.54) is 0 Å². The van der Waals surface area contributed by atoms with E-state index >= 15 is 0 Å². The van der Waals surface area contributed by atoms with Gasteiger partial charge in [0.25, 0.3) is 0 Å². The summed E-state index contributed by atoms with van der Waals surface area (Å²) >= 11 is 6.66. The second-order valence-corrected chi connectivity index (χ2v) is 7.35. The van der Waals surface area contributed by atoms with E-state index in [4.69, 9.17) is 26.3 Å². The maximum atomic E-state index is 11.1. The lowest BCUT2D eigenvalue weighted by Gasteiger charge is -2.12. The standard InChI is InChI=1S/C23H20ClN3O4/c24-21-16(15-5-2-1-3-6-15)7-4-8-18(21)26-22-17-11-14(9-10-20(17)31-27-22)12-25-19(13-28)23(29)30/h1-11,19,25,28H,12-13H2,(H,26,27)(H,29,30). The minimum Gasteiger partial charge on any atom is -0.480 e. The Kier molecular flexibility index (Phi) is 6.18. The minimum atomic E-state index is -1.11. The fraction of sp³-hybridized carbons (Fsp3) is 0.130. The number of carboxylic acids is 1. The van der Waals surface area contributed by atoms with Gasteiger partial charge in [0, 0.05) is 12.1 Å². The number of aliphatic hydroxyl groups is 1. The van der Waals surface area contributed by atoms with Crippen LogP contribution in [0, 0.1) is 0 Å². The molecule has 4 rings (SSSR count). The van der Waals surface area contributed by atoms with Crippen molar-refractivity contribution in [3.8, 4) is 11.1 Å². The molecule has 0 aliphatic carbocycles. The molecule has 1 aromatic heterocycles. The molecule has 31 heavy (non-hydrogen) atoms. The molecule has 0 saturated carbocycles. The molecule has 158 valence electrons. The lowest BCUT2D eigenvalue weighted by molar-refractivity contribution is -0.140. The Bertz CT molecular complexity index is 1210. The summed E-state index contributed by atoms with van der Waals surface area (Å²) in [6, 6.07) is 20.0. The van der Waals surface area contributed by atoms with Crippen LogP contribution in [0.25, 0.3) is 22.1 Å². The van der Waals surface area contributed by atoms with Gasteiger partial charge in [0.15, 0.2) is 11.4 Å². The van der Waals surface area contributed by atoms with Gasteiger partial charge in [0.1, 0.15) is 6.04 Å². The monoisotopic (exact) mass is 437 g/mol. The summed E-state index contributed by atoms with van der Waals surface area (Å²) in [5, 5.41) is 29.7. The third-order valence-electron chi connectivity index (χ3n) is 4.90. The van der Waals surface area contributed by atoms with Crippen LogP contribution in [0.15, 0.2) is 71.3 Å². The number of aromatic nitrogens is 1. The van der Waals surface area contributed by atoms with Gasteiger partial charge in [-0.3, -0.25) is 10.1 Å². The van der Waals surface area contributed by atoms with Gasteiger partial charge in [-0.15, -0.1) is 0 Å². The van der Waals surface area contributed by atoms with Gasteiger partial charge >= 0.3 is 5.97 Å². The molecule has 0 bridgehead atoms. The molecule has 4 aromatic rings. The molecule has 4 N–H and O–H groups in total. The van der Waals surface area contributed by atoms with E-state index in [0.717, 1.165) is 22.1 Å². The van der Waals surface area contributed by atoms with E-state index in [1.54, 1.807) is 6.07 Å². The van der Waals surface area contributed by atoms with Gasteiger partial charge in [0.05, 0.1) is 22.7 Å². The van der Waals surface area contributed by atoms with Crippen molar-refractivity contribution >= 4 is 40.0 Å². The van der Waals surface area contributed by atoms with Gasteiger partial charge in [-0.2, -0.15) is 0 Å². The van der Waals surface area contributed by atoms with Crippen LogP contribution in [-0.2, 0) is 11.3 Å². The number of carboxylic acid groups (broad SMARTS) is 1. The van der Waals surface area contributed by atoms with E-state index < -0.39 is 18.6 Å². The number of carbonyl (C=O) groups is 1. The van der Waals surface area contributed by atoms with Gasteiger partial charge in [0.2, 0.25) is 0 Å². The minimum absolute atomic E-state index is 0.266. The summed E-state index contributed by atoms with van der Waals surface area (Å²) in [7, 11) is 0. The molecule has 0 fully saturated rings. The Morgan fingerprint density at radius 3 is 2.65 bits per heavy atom. The Labute approximate surface area is 183 Å². The molecular weight excluding hydrogens is 418 g/mol. The third kappa shape index (κ3) is 4.54. The molecule has 0 amide bonds. The number of hydrogen-bond acceptors (Lipinski definition) is 6. The molecule has 0 spiro atoms. The number of rotatable bonds is 8. The van der Waals surface area contributed by atoms with Crippen molar-refractivity contribution in [3.63, 3.8) is 0 Å². The van der Waals surface area contributed by atoms with Crippen LogP contribution < -0.4 is 10.6 Å². The maximum Gasteiger partial charge on any atom is 0.323 e. The number of halogens is 1. The highest BCUT2D eigenvalue weighted by atomic mass is 35.5. The molecule has 7 nitrogen and oxygen atoms in total. The van der Waals surface area contributed by atoms with Crippen molar-refractivity contribution in [3.05, 3.63) is 77.3 Å². The first kappa shape index (κ1) is 20.9. The van der Waals surface area contributed by atoms with Crippen LogP contribution in [-0.4, -0.2) is 34.0 Å². The number of benzene rings is 3. The molecule has 1 atom stereocenters. The lowest BCUT2D eigenvalue weighted by Crippen LogP contribution is -2.39. The Morgan fingerprint density at radius 2 is 1.90 bits per heavy atom. The van der Waals surface area contributed by atoms with E-state index in [-0.39, 0.29) is 6.54 Å². The quantitative estimate of drug-likeness (QED) is 0.323. The predicted molar refractivity (Wildman–Crippen MR) is 120 cm³/mol. The summed E-state index contributed by atoms with van der Waals surface area (Å²) < 4.78 is 5.41. The molecular formula is C23H20ClN3O4. The number of fused-ring (bicyclic) bond motifs is 1. The highest BCUT2D eigenvalue weighted by Gasteiger charge is 2.16. The Morgan fingerprint density at radius 1 is 1.10 bits per heavy atom. The number of nitrogens with zero attached hydrogens (tertiary/aromatic N) is 1. The lowest BCUT2D eigenvalue weighted by atomic mass is 10.0. The molecule has 1 heterocycles. The first-order valence-corrected chi connectivity index (χ1v) is 10.0. The summed E-state index contributed by atoms with van der Waals surface area (Å²) in [5.74, 6) is -0.607. The fourth-order valence-corrected chi connectivity index (χ4v) is 3.54. The van der Waals surface area contributed by atoms with E-state index in [1.807, 2.05) is 60.7 Å². The Balaban J connectivity index is 1.60. The zero-order valence-corrected chi connectivity index (χ0v) is 17.1. The van der Waals surface area contributed by atoms with E-state index in [0.29, 0.717) is 22.1 Å². The van der Waals surface area contributed by atoms with Crippen molar-refractivity contribution in [1.82, 2.24) is 10.5 Å². The van der Waals surface area contributed by atoms with Gasteiger partial charge in [-0.1, -0.05) is 65.3 Å². The maximum absolute atomic E-state index is 11.1. The normalized spacial score (nSPS) is 12.1. The number of nitrogens with one attached hydrogen (secondary N) is 2. The van der Waals surface area contributed by atoms with Gasteiger partial charge in [-0.05, 0) is 29.3 Å². The van der Waals surface area contributed by atoms with Crippen molar-refractivity contribution in [2.75, 3.05) is 11.9 Å². The number of aliphatic carboxylic acids is 1. The van der Waals surface area contributed by atoms with Gasteiger partial charge in [-0.25, -0.2) is 0 Å². The van der Waals surface area contributed by atoms with Crippen molar-refractivity contribution < 1.29 is 19.5 Å². The molecule has 0 aliphatic rings. The summed E-state index contributed by atoms with van der Waals surface area (Å²) in [5.41, 5.74) is 3.99. The van der Waals surface area contributed by atoms with Crippen LogP contribution in [0.3, 0.4) is 0 Å². The Hall–Kier alpha value is -3.39. The van der Waals surface area contributed by atoms with E-state index in [2.05, 4.69) is 15.8 Å². The van der Waals surface area contributed by atoms with Crippen molar-refractivity contribution in [1.29, 1.82) is 0 Å². The summed E-state index contributed by atoms with van der Waals surface area (Å²) in [6.07, 6.45) is 0. The molecule has 0 saturated heterocycles. The second-order valence-electron chi connectivity index (χ2n) is 6.97. The van der Waals surface area contributed by atoms with E-state index in [9.17, 15) is 4.79 Å². The average molecular weight is 438 g/mol. The number of aliphatic hydroxyl groups excluding tert-OH is 1. The predicted octanol–water partition coefficient (Wildman–Crippen LogP) is 4.43. The largest absolute Gasteiger partial charge is 0.480 e.